The van der Waals surface area contributed by atoms with E-state index in [1.807, 2.05) is 6.07 Å². The summed E-state index contributed by atoms with van der Waals surface area (Å²) < 4.78 is 6.66. The number of benzene rings is 2. The number of imidazole rings is 2. The molecule has 5 rings (SSSR count). The van der Waals surface area contributed by atoms with Crippen molar-refractivity contribution < 1.29 is 4.57 Å². The van der Waals surface area contributed by atoms with E-state index in [2.05, 4.69) is 88.3 Å². The van der Waals surface area contributed by atoms with E-state index in [0.29, 0.717) is 0 Å². The van der Waals surface area contributed by atoms with Gasteiger partial charge < -0.3 is 0 Å². The van der Waals surface area contributed by atoms with Crippen molar-refractivity contribution in [3.05, 3.63) is 72.4 Å². The lowest BCUT2D eigenvalue weighted by atomic mass is 10.2. The molecule has 0 amide bonds. The molecule has 0 aliphatic carbocycles. The highest BCUT2D eigenvalue weighted by Crippen LogP contribution is 2.28. The summed E-state index contributed by atoms with van der Waals surface area (Å²) in [5.74, 6) is 0.947. The van der Waals surface area contributed by atoms with Gasteiger partial charge in [0.15, 0.2) is 0 Å². The first kappa shape index (κ1) is 13.3. The van der Waals surface area contributed by atoms with E-state index >= 15 is 0 Å². The molecule has 0 aliphatic heterocycles. The predicted octanol–water partition coefficient (Wildman–Crippen LogP) is 3.56. The van der Waals surface area contributed by atoms with Crippen molar-refractivity contribution in [2.75, 3.05) is 0 Å². The molecule has 0 saturated heterocycles. The number of aryl methyl sites for hydroxylation is 2. The third-order valence-electron chi connectivity index (χ3n) is 4.68. The van der Waals surface area contributed by atoms with Crippen molar-refractivity contribution in [2.24, 2.45) is 7.05 Å². The fourth-order valence-corrected chi connectivity index (χ4v) is 3.57. The van der Waals surface area contributed by atoms with E-state index in [9.17, 15) is 0 Å². The van der Waals surface area contributed by atoms with Crippen LogP contribution in [0.15, 0.2) is 66.9 Å². The third kappa shape index (κ3) is 1.62. The second-order valence-electron chi connectivity index (χ2n) is 6.19. The van der Waals surface area contributed by atoms with Gasteiger partial charge in [0.1, 0.15) is 11.2 Å². The molecule has 0 saturated carbocycles. The van der Waals surface area contributed by atoms with Gasteiger partial charge in [-0.1, -0.05) is 30.3 Å². The van der Waals surface area contributed by atoms with Gasteiger partial charge >= 0.3 is 11.4 Å². The first-order chi connectivity index (χ1) is 11.8. The monoisotopic (exact) mass is 313 g/mol. The molecule has 5 aromatic rings. The highest BCUT2D eigenvalue weighted by Gasteiger charge is 2.25. The van der Waals surface area contributed by atoms with Gasteiger partial charge in [-0.3, -0.25) is 4.40 Å². The zero-order valence-electron chi connectivity index (χ0n) is 13.6. The Morgan fingerprint density at radius 1 is 0.875 bits per heavy atom. The highest BCUT2D eigenvalue weighted by molar-refractivity contribution is 5.89. The SMILES string of the molecule is Cc1ccccc1-n1c2nc3ccccc3n2c2ccc[n+](C)c21. The van der Waals surface area contributed by atoms with Gasteiger partial charge in [-0.15, -0.1) is 0 Å². The maximum absolute atomic E-state index is 4.92. The molecule has 0 bridgehead atoms. The fraction of sp³-hybridized carbons (Fsp3) is 0.100. The van der Waals surface area contributed by atoms with Crippen LogP contribution in [0.4, 0.5) is 0 Å². The molecule has 0 fully saturated rings. The Hall–Kier alpha value is -3.14. The topological polar surface area (TPSA) is 26.1 Å². The normalized spacial score (nSPS) is 11.8. The Labute approximate surface area is 139 Å². The lowest BCUT2D eigenvalue weighted by Crippen LogP contribution is -2.30. The number of aromatic nitrogens is 4. The van der Waals surface area contributed by atoms with Gasteiger partial charge in [0.05, 0.1) is 24.3 Å². The number of hydrogen-bond acceptors (Lipinski definition) is 1. The van der Waals surface area contributed by atoms with Crippen molar-refractivity contribution >= 4 is 28.0 Å². The minimum absolute atomic E-state index is 0.947. The summed E-state index contributed by atoms with van der Waals surface area (Å²) in [5, 5.41) is 0. The summed E-state index contributed by atoms with van der Waals surface area (Å²) in [6.45, 7) is 2.14. The maximum Gasteiger partial charge on any atom is 0.314 e. The van der Waals surface area contributed by atoms with E-state index in [1.165, 1.54) is 5.56 Å². The van der Waals surface area contributed by atoms with Crippen LogP contribution < -0.4 is 4.57 Å². The molecule has 0 aliphatic rings. The molecule has 0 spiro atoms. The maximum atomic E-state index is 4.92. The molecular formula is C20H17N4+. The molecule has 2 aromatic carbocycles. The molecule has 116 valence electrons. The average molecular weight is 313 g/mol. The average Bonchev–Trinajstić information content (AvgIpc) is 3.11. The van der Waals surface area contributed by atoms with Crippen LogP contribution in [0.25, 0.3) is 33.7 Å². The minimum Gasteiger partial charge on any atom is -0.250 e. The zero-order valence-corrected chi connectivity index (χ0v) is 13.6. The van der Waals surface area contributed by atoms with Gasteiger partial charge in [0.25, 0.3) is 0 Å². The van der Waals surface area contributed by atoms with E-state index in [-0.39, 0.29) is 0 Å². The molecule has 0 unspecified atom stereocenters. The smallest absolute Gasteiger partial charge is 0.250 e. The predicted molar refractivity (Wildman–Crippen MR) is 95.4 cm³/mol. The summed E-state index contributed by atoms with van der Waals surface area (Å²) in [5.41, 5.74) is 6.84. The molecule has 0 radical (unpaired) electrons. The number of rotatable bonds is 1. The summed E-state index contributed by atoms with van der Waals surface area (Å²) in [4.78, 5) is 4.92. The van der Waals surface area contributed by atoms with Crippen LogP contribution in [0.3, 0.4) is 0 Å². The second-order valence-corrected chi connectivity index (χ2v) is 6.19. The quantitative estimate of drug-likeness (QED) is 0.435. The van der Waals surface area contributed by atoms with Crippen LogP contribution in [0, 0.1) is 6.92 Å². The van der Waals surface area contributed by atoms with E-state index in [4.69, 9.17) is 4.98 Å². The molecule has 24 heavy (non-hydrogen) atoms. The highest BCUT2D eigenvalue weighted by atomic mass is 15.3. The van der Waals surface area contributed by atoms with Gasteiger partial charge in [-0.2, -0.15) is 9.55 Å². The van der Waals surface area contributed by atoms with Crippen molar-refractivity contribution in [3.63, 3.8) is 0 Å². The molecular weight excluding hydrogens is 296 g/mol. The van der Waals surface area contributed by atoms with Crippen LogP contribution in [0.2, 0.25) is 0 Å². The molecule has 0 N–H and O–H groups in total. The summed E-state index contributed by atoms with van der Waals surface area (Å²) in [6.07, 6.45) is 2.08. The van der Waals surface area contributed by atoms with Crippen LogP contribution in [0.5, 0.6) is 0 Å². The number of para-hydroxylation sites is 3. The minimum atomic E-state index is 0.947. The van der Waals surface area contributed by atoms with E-state index in [0.717, 1.165) is 33.7 Å². The van der Waals surface area contributed by atoms with Crippen LogP contribution >= 0.6 is 0 Å². The molecule has 3 aromatic heterocycles. The first-order valence-corrected chi connectivity index (χ1v) is 8.08. The lowest BCUT2D eigenvalue weighted by Gasteiger charge is -2.03. The standard InChI is InChI=1S/C20H17N4/c1-14-8-3-5-10-16(14)24-19-18(12-7-13-22(19)2)23-17-11-6-4-9-15(17)21-20(23)24/h3-13H,1-2H3/q+1. The molecule has 4 heteroatoms. The van der Waals surface area contributed by atoms with Gasteiger partial charge in [0.2, 0.25) is 0 Å². The van der Waals surface area contributed by atoms with Gasteiger partial charge in [-0.25, -0.2) is 4.57 Å². The van der Waals surface area contributed by atoms with Crippen LogP contribution in [-0.4, -0.2) is 14.0 Å². The van der Waals surface area contributed by atoms with Gasteiger partial charge in [0, 0.05) is 0 Å². The van der Waals surface area contributed by atoms with Crippen molar-refractivity contribution in [2.45, 2.75) is 6.92 Å². The number of pyridine rings is 1. The second kappa shape index (κ2) is 4.68. The molecule has 0 atom stereocenters. The van der Waals surface area contributed by atoms with Crippen molar-refractivity contribution in [3.8, 4) is 5.69 Å². The largest absolute Gasteiger partial charge is 0.314 e. The fourth-order valence-electron chi connectivity index (χ4n) is 3.57. The summed E-state index contributed by atoms with van der Waals surface area (Å²) in [7, 11) is 2.08. The number of nitrogens with zero attached hydrogens (tertiary/aromatic N) is 4. The Morgan fingerprint density at radius 2 is 1.62 bits per heavy atom. The Bertz CT molecular complexity index is 1230. The van der Waals surface area contributed by atoms with E-state index < -0.39 is 0 Å². The zero-order chi connectivity index (χ0) is 16.3. The summed E-state index contributed by atoms with van der Waals surface area (Å²) >= 11 is 0. The number of hydrogen-bond donors (Lipinski definition) is 0. The van der Waals surface area contributed by atoms with E-state index in [1.54, 1.807) is 0 Å². The van der Waals surface area contributed by atoms with Crippen molar-refractivity contribution in [1.29, 1.82) is 0 Å². The third-order valence-corrected chi connectivity index (χ3v) is 4.68. The Morgan fingerprint density at radius 3 is 2.50 bits per heavy atom. The summed E-state index contributed by atoms with van der Waals surface area (Å²) in [6, 6.07) is 21.0. The molecule has 4 nitrogen and oxygen atoms in total. The van der Waals surface area contributed by atoms with Crippen LogP contribution in [-0.2, 0) is 7.05 Å². The van der Waals surface area contributed by atoms with Crippen LogP contribution in [0.1, 0.15) is 5.56 Å². The first-order valence-electron chi connectivity index (χ1n) is 8.08. The molecule has 3 heterocycles. The lowest BCUT2D eigenvalue weighted by molar-refractivity contribution is -0.647. The Balaban J connectivity index is 2.09. The number of fused-ring (bicyclic) bond motifs is 5. The van der Waals surface area contributed by atoms with Crippen molar-refractivity contribution in [1.82, 2.24) is 14.0 Å². The Kier molecular flexibility index (Phi) is 2.59. The van der Waals surface area contributed by atoms with Gasteiger partial charge in [-0.05, 0) is 42.8 Å².